The van der Waals surface area contributed by atoms with Crippen LogP contribution < -0.4 is 10.2 Å². The third kappa shape index (κ3) is 3.12. The molecule has 1 N–H and O–H groups in total. The van der Waals surface area contributed by atoms with Gasteiger partial charge in [0.05, 0.1) is 16.9 Å². The van der Waals surface area contributed by atoms with Crippen LogP contribution in [-0.2, 0) is 11.0 Å². The highest BCUT2D eigenvalue weighted by atomic mass is 35.5. The van der Waals surface area contributed by atoms with E-state index in [1.54, 1.807) is 18.2 Å². The highest BCUT2D eigenvalue weighted by Crippen LogP contribution is 2.39. The molecule has 3 rings (SSSR count). The van der Waals surface area contributed by atoms with Gasteiger partial charge in [-0.3, -0.25) is 9.69 Å². The van der Waals surface area contributed by atoms with Gasteiger partial charge in [0.25, 0.3) is 0 Å². The molecule has 0 saturated heterocycles. The van der Waals surface area contributed by atoms with Gasteiger partial charge in [-0.1, -0.05) is 17.7 Å². The molecule has 2 aromatic carbocycles. The van der Waals surface area contributed by atoms with Crippen molar-refractivity contribution >= 4 is 34.6 Å². The Bertz CT molecular complexity index is 761. The van der Waals surface area contributed by atoms with Crippen LogP contribution in [-0.4, -0.2) is 12.5 Å². The monoisotopic (exact) mass is 340 g/mol. The van der Waals surface area contributed by atoms with E-state index in [9.17, 15) is 18.0 Å². The molecule has 0 spiro atoms. The largest absolute Gasteiger partial charge is 0.416 e. The minimum atomic E-state index is -4.47. The fourth-order valence-corrected chi connectivity index (χ4v) is 2.66. The van der Waals surface area contributed by atoms with Crippen molar-refractivity contribution in [3.63, 3.8) is 0 Å². The van der Waals surface area contributed by atoms with Gasteiger partial charge in [0.1, 0.15) is 0 Å². The Balaban J connectivity index is 2.14. The van der Waals surface area contributed by atoms with Crippen LogP contribution in [0.25, 0.3) is 0 Å². The normalized spacial score (nSPS) is 15.0. The lowest BCUT2D eigenvalue weighted by Crippen LogP contribution is -2.25. The molecular weight excluding hydrogens is 329 g/mol. The number of anilines is 3. The van der Waals surface area contributed by atoms with Crippen LogP contribution in [0.4, 0.5) is 30.2 Å². The Kier molecular flexibility index (Phi) is 3.93. The second-order valence-electron chi connectivity index (χ2n) is 5.12. The summed E-state index contributed by atoms with van der Waals surface area (Å²) in [5, 5.41) is 3.48. The summed E-state index contributed by atoms with van der Waals surface area (Å²) in [6.07, 6.45) is -4.30. The van der Waals surface area contributed by atoms with Crippen LogP contribution >= 0.6 is 11.6 Å². The molecular formula is C16H12ClF3N2O. The molecule has 1 amide bonds. The number of nitrogens with zero attached hydrogens (tertiary/aromatic N) is 1. The van der Waals surface area contributed by atoms with Gasteiger partial charge in [-0.15, -0.1) is 0 Å². The second-order valence-corrected chi connectivity index (χ2v) is 5.55. The minimum absolute atomic E-state index is 0.164. The first-order valence-corrected chi connectivity index (χ1v) is 7.28. The fourth-order valence-electron chi connectivity index (χ4n) is 2.49. The Hall–Kier alpha value is -2.21. The quantitative estimate of drug-likeness (QED) is 0.805. The number of hydrogen-bond acceptors (Lipinski definition) is 2. The molecule has 23 heavy (non-hydrogen) atoms. The van der Waals surface area contributed by atoms with Crippen molar-refractivity contribution in [1.82, 2.24) is 0 Å². The molecule has 0 radical (unpaired) electrons. The first-order chi connectivity index (χ1) is 10.9. The van der Waals surface area contributed by atoms with Gasteiger partial charge in [-0.25, -0.2) is 0 Å². The zero-order valence-corrected chi connectivity index (χ0v) is 12.6. The molecule has 0 bridgehead atoms. The summed E-state index contributed by atoms with van der Waals surface area (Å²) in [5.74, 6) is -0.294. The molecule has 0 atom stereocenters. The fraction of sp³-hybridized carbons (Fsp3) is 0.188. The van der Waals surface area contributed by atoms with Gasteiger partial charge in [0, 0.05) is 23.7 Å². The molecule has 120 valence electrons. The van der Waals surface area contributed by atoms with Crippen molar-refractivity contribution in [2.45, 2.75) is 12.6 Å². The van der Waals surface area contributed by atoms with Gasteiger partial charge < -0.3 is 5.32 Å². The summed E-state index contributed by atoms with van der Waals surface area (Å²) < 4.78 is 38.8. The smallest absolute Gasteiger partial charge is 0.383 e. The van der Waals surface area contributed by atoms with E-state index in [1.807, 2.05) is 0 Å². The Labute approximate surface area is 135 Å². The standard InChI is InChI=1S/C16H12ClF3N2O/c17-11-4-5-13-14(9-11)22(15(23)6-7-21-13)12-3-1-2-10(8-12)16(18,19)20/h1-5,8-9,21H,6-7H2. The molecule has 0 unspecified atom stereocenters. The van der Waals surface area contributed by atoms with E-state index in [0.717, 1.165) is 12.1 Å². The summed E-state index contributed by atoms with van der Waals surface area (Å²) in [6.45, 7) is 0.406. The number of carbonyl (C=O) groups is 1. The van der Waals surface area contributed by atoms with E-state index in [1.165, 1.54) is 17.0 Å². The highest BCUT2D eigenvalue weighted by molar-refractivity contribution is 6.31. The Morgan fingerprint density at radius 3 is 2.65 bits per heavy atom. The van der Waals surface area contributed by atoms with Crippen LogP contribution in [0, 0.1) is 0 Å². The van der Waals surface area contributed by atoms with Gasteiger partial charge in [0.2, 0.25) is 5.91 Å². The van der Waals surface area contributed by atoms with Crippen molar-refractivity contribution in [3.8, 4) is 0 Å². The molecule has 1 heterocycles. The summed E-state index contributed by atoms with van der Waals surface area (Å²) in [5.41, 5.74) is 0.456. The first kappa shape index (κ1) is 15.7. The molecule has 2 aromatic rings. The number of carbonyl (C=O) groups excluding carboxylic acids is 1. The molecule has 0 aromatic heterocycles. The Morgan fingerprint density at radius 1 is 1.13 bits per heavy atom. The third-order valence-corrected chi connectivity index (χ3v) is 3.77. The number of alkyl halides is 3. The maximum atomic E-state index is 12.9. The van der Waals surface area contributed by atoms with Crippen LogP contribution in [0.1, 0.15) is 12.0 Å². The molecule has 7 heteroatoms. The topological polar surface area (TPSA) is 32.3 Å². The molecule has 3 nitrogen and oxygen atoms in total. The van der Waals surface area contributed by atoms with Crippen LogP contribution in [0.5, 0.6) is 0 Å². The van der Waals surface area contributed by atoms with Crippen molar-refractivity contribution in [1.29, 1.82) is 0 Å². The van der Waals surface area contributed by atoms with Gasteiger partial charge in [-0.05, 0) is 36.4 Å². The number of benzene rings is 2. The number of hydrogen-bond donors (Lipinski definition) is 1. The van der Waals surface area contributed by atoms with Crippen molar-refractivity contribution in [2.24, 2.45) is 0 Å². The zero-order valence-electron chi connectivity index (χ0n) is 11.8. The average molecular weight is 341 g/mol. The lowest BCUT2D eigenvalue weighted by molar-refractivity contribution is -0.137. The van der Waals surface area contributed by atoms with Crippen LogP contribution in [0.15, 0.2) is 42.5 Å². The maximum absolute atomic E-state index is 12.9. The highest BCUT2D eigenvalue weighted by Gasteiger charge is 2.32. The van der Waals surface area contributed by atoms with Crippen LogP contribution in [0.3, 0.4) is 0 Å². The molecule has 1 aliphatic rings. The van der Waals surface area contributed by atoms with Crippen LogP contribution in [0.2, 0.25) is 5.02 Å². The predicted molar refractivity (Wildman–Crippen MR) is 83.1 cm³/mol. The number of fused-ring (bicyclic) bond motifs is 1. The van der Waals surface area contributed by atoms with Gasteiger partial charge in [0.15, 0.2) is 0 Å². The molecule has 0 fully saturated rings. The van der Waals surface area contributed by atoms with E-state index in [0.29, 0.717) is 22.9 Å². The predicted octanol–water partition coefficient (Wildman–Crippen LogP) is 4.84. The van der Waals surface area contributed by atoms with Crippen molar-refractivity contribution < 1.29 is 18.0 Å². The molecule has 1 aliphatic heterocycles. The Morgan fingerprint density at radius 2 is 1.91 bits per heavy atom. The minimum Gasteiger partial charge on any atom is -0.383 e. The summed E-state index contributed by atoms with van der Waals surface area (Å²) in [7, 11) is 0. The van der Waals surface area contributed by atoms with Gasteiger partial charge >= 0.3 is 6.18 Å². The summed E-state index contributed by atoms with van der Waals surface area (Å²) >= 11 is 5.99. The average Bonchev–Trinajstić information content (AvgIpc) is 2.64. The maximum Gasteiger partial charge on any atom is 0.416 e. The number of nitrogens with one attached hydrogen (secondary N) is 1. The van der Waals surface area contributed by atoms with Crippen molar-refractivity contribution in [2.75, 3.05) is 16.8 Å². The lowest BCUT2D eigenvalue weighted by atomic mass is 10.1. The lowest BCUT2D eigenvalue weighted by Gasteiger charge is -2.23. The number of halogens is 4. The van der Waals surface area contributed by atoms with E-state index in [4.69, 9.17) is 11.6 Å². The summed E-state index contributed by atoms with van der Waals surface area (Å²) in [6, 6.07) is 9.63. The molecule has 0 saturated carbocycles. The first-order valence-electron chi connectivity index (χ1n) is 6.90. The third-order valence-electron chi connectivity index (χ3n) is 3.54. The van der Waals surface area contributed by atoms with E-state index < -0.39 is 11.7 Å². The van der Waals surface area contributed by atoms with Gasteiger partial charge in [-0.2, -0.15) is 13.2 Å². The number of amides is 1. The molecule has 0 aliphatic carbocycles. The van der Waals surface area contributed by atoms with Crippen molar-refractivity contribution in [3.05, 3.63) is 53.1 Å². The van der Waals surface area contributed by atoms with E-state index in [-0.39, 0.29) is 18.0 Å². The number of rotatable bonds is 1. The van der Waals surface area contributed by atoms with E-state index in [2.05, 4.69) is 5.32 Å². The SMILES string of the molecule is O=C1CCNc2ccc(Cl)cc2N1c1cccc(C(F)(F)F)c1. The second kappa shape index (κ2) is 5.77. The summed E-state index contributed by atoms with van der Waals surface area (Å²) in [4.78, 5) is 13.7. The van der Waals surface area contributed by atoms with E-state index >= 15 is 0 Å². The zero-order chi connectivity index (χ0) is 16.6.